The van der Waals surface area contributed by atoms with Gasteiger partial charge in [0.05, 0.1) is 11.4 Å². The maximum Gasteiger partial charge on any atom is 0.276 e. The van der Waals surface area contributed by atoms with Gasteiger partial charge in [-0.3, -0.25) is 9.48 Å². The van der Waals surface area contributed by atoms with Crippen molar-refractivity contribution in [2.45, 2.75) is 27.3 Å². The minimum Gasteiger partial charge on any atom is -0.395 e. The fourth-order valence-electron chi connectivity index (χ4n) is 2.01. The molecule has 5 nitrogen and oxygen atoms in total. The fraction of sp³-hybridized carbons (Fsp3) is 0.286. The van der Waals surface area contributed by atoms with Crippen LogP contribution in [0.2, 0.25) is 5.02 Å². The first kappa shape index (κ1) is 14.4. The summed E-state index contributed by atoms with van der Waals surface area (Å²) in [5.74, 6) is -0.268. The number of halogens is 1. The Morgan fingerprint density at radius 1 is 1.45 bits per heavy atom. The zero-order valence-corrected chi connectivity index (χ0v) is 12.5. The molecule has 0 saturated carbocycles. The quantitative estimate of drug-likeness (QED) is 0.913. The number of carbonyl (C=O) groups is 1. The minimum absolute atomic E-state index is 0.268. The van der Waals surface area contributed by atoms with Gasteiger partial charge in [-0.1, -0.05) is 11.6 Å². The van der Waals surface area contributed by atoms with E-state index in [1.165, 1.54) is 0 Å². The van der Waals surface area contributed by atoms with Crippen LogP contribution < -0.4 is 11.1 Å². The first-order valence-electron chi connectivity index (χ1n) is 6.34. The molecule has 1 aromatic carbocycles. The van der Waals surface area contributed by atoms with E-state index in [1.54, 1.807) is 29.8 Å². The van der Waals surface area contributed by atoms with Crippen LogP contribution in [-0.2, 0) is 6.54 Å². The fourth-order valence-corrected chi connectivity index (χ4v) is 2.24. The maximum absolute atomic E-state index is 12.4. The van der Waals surface area contributed by atoms with Crippen LogP contribution in [0.15, 0.2) is 18.2 Å². The van der Waals surface area contributed by atoms with E-state index in [-0.39, 0.29) is 5.91 Å². The molecule has 0 spiro atoms. The highest BCUT2D eigenvalue weighted by molar-refractivity contribution is 6.30. The first-order valence-corrected chi connectivity index (χ1v) is 6.72. The molecule has 0 saturated heterocycles. The highest BCUT2D eigenvalue weighted by atomic mass is 35.5. The molecule has 0 fully saturated rings. The molecule has 3 N–H and O–H groups in total. The number of hydrogen-bond acceptors (Lipinski definition) is 3. The van der Waals surface area contributed by atoms with Crippen molar-refractivity contribution in [1.82, 2.24) is 9.78 Å². The van der Waals surface area contributed by atoms with Gasteiger partial charge in [0.1, 0.15) is 5.69 Å². The van der Waals surface area contributed by atoms with Gasteiger partial charge < -0.3 is 11.1 Å². The molecule has 0 atom stereocenters. The molecule has 0 bridgehead atoms. The van der Waals surface area contributed by atoms with E-state index in [1.807, 2.05) is 13.8 Å². The number of anilines is 2. The van der Waals surface area contributed by atoms with E-state index in [4.69, 9.17) is 17.3 Å². The monoisotopic (exact) mass is 292 g/mol. The number of amides is 1. The van der Waals surface area contributed by atoms with Crippen LogP contribution >= 0.6 is 11.6 Å². The summed E-state index contributed by atoms with van der Waals surface area (Å²) in [7, 11) is 0. The van der Waals surface area contributed by atoms with Gasteiger partial charge in [0.25, 0.3) is 5.91 Å². The Hall–Kier alpha value is -2.01. The predicted molar refractivity (Wildman–Crippen MR) is 81.2 cm³/mol. The van der Waals surface area contributed by atoms with Crippen LogP contribution in [-0.4, -0.2) is 15.7 Å². The molecule has 0 radical (unpaired) electrons. The summed E-state index contributed by atoms with van der Waals surface area (Å²) in [5.41, 5.74) is 8.99. The summed E-state index contributed by atoms with van der Waals surface area (Å²) in [5, 5.41) is 7.72. The van der Waals surface area contributed by atoms with Gasteiger partial charge >= 0.3 is 0 Å². The van der Waals surface area contributed by atoms with E-state index in [0.717, 1.165) is 5.56 Å². The van der Waals surface area contributed by atoms with Crippen LogP contribution in [0, 0.1) is 13.8 Å². The molecule has 0 aliphatic rings. The molecular weight excluding hydrogens is 276 g/mol. The topological polar surface area (TPSA) is 72.9 Å². The van der Waals surface area contributed by atoms with Crippen molar-refractivity contribution >= 4 is 28.9 Å². The number of nitrogens with two attached hydrogens (primary N) is 1. The molecule has 106 valence electrons. The Bertz CT molecular complexity index is 663. The molecule has 2 rings (SSSR count). The van der Waals surface area contributed by atoms with Crippen LogP contribution in [0.1, 0.15) is 28.7 Å². The lowest BCUT2D eigenvalue weighted by molar-refractivity contribution is 0.101. The zero-order chi connectivity index (χ0) is 14.9. The van der Waals surface area contributed by atoms with Crippen molar-refractivity contribution in [2.75, 3.05) is 11.1 Å². The average Bonchev–Trinajstić information content (AvgIpc) is 2.68. The molecule has 0 aliphatic carbocycles. The second kappa shape index (κ2) is 5.54. The molecule has 1 aromatic heterocycles. The number of nitrogens with zero attached hydrogens (tertiary/aromatic N) is 2. The SMILES string of the molecule is CCn1nc(C)c(N)c1C(=O)Nc1ccc(Cl)cc1C. The highest BCUT2D eigenvalue weighted by Gasteiger charge is 2.19. The number of aryl methyl sites for hydroxylation is 3. The molecule has 0 unspecified atom stereocenters. The number of aromatic nitrogens is 2. The summed E-state index contributed by atoms with van der Waals surface area (Å²) in [6.45, 7) is 6.16. The number of hydrogen-bond donors (Lipinski definition) is 2. The molecule has 1 heterocycles. The maximum atomic E-state index is 12.4. The molecule has 1 amide bonds. The standard InChI is InChI=1S/C14H17ClN4O/c1-4-19-13(12(16)9(3)18-19)14(20)17-11-6-5-10(15)7-8(11)2/h5-7H,4,16H2,1-3H3,(H,17,20). The molecule has 2 aromatic rings. The van der Waals surface area contributed by atoms with Gasteiger partial charge in [-0.05, 0) is 44.5 Å². The third-order valence-corrected chi connectivity index (χ3v) is 3.36. The van der Waals surface area contributed by atoms with Crippen LogP contribution in [0.3, 0.4) is 0 Å². The van der Waals surface area contributed by atoms with Gasteiger partial charge in [-0.25, -0.2) is 0 Å². The van der Waals surface area contributed by atoms with E-state index >= 15 is 0 Å². The second-order valence-electron chi connectivity index (χ2n) is 4.58. The first-order chi connectivity index (χ1) is 9.43. The van der Waals surface area contributed by atoms with Crippen molar-refractivity contribution in [3.63, 3.8) is 0 Å². The van der Waals surface area contributed by atoms with Crippen molar-refractivity contribution in [3.05, 3.63) is 40.2 Å². The molecule has 20 heavy (non-hydrogen) atoms. The van der Waals surface area contributed by atoms with Crippen molar-refractivity contribution in [3.8, 4) is 0 Å². The van der Waals surface area contributed by atoms with Crippen molar-refractivity contribution in [1.29, 1.82) is 0 Å². The number of carbonyl (C=O) groups excluding carboxylic acids is 1. The highest BCUT2D eigenvalue weighted by Crippen LogP contribution is 2.22. The Balaban J connectivity index is 2.33. The lowest BCUT2D eigenvalue weighted by Gasteiger charge is -2.10. The van der Waals surface area contributed by atoms with E-state index < -0.39 is 0 Å². The lowest BCUT2D eigenvalue weighted by Crippen LogP contribution is -2.19. The summed E-state index contributed by atoms with van der Waals surface area (Å²) in [6, 6.07) is 5.30. The zero-order valence-electron chi connectivity index (χ0n) is 11.7. The Morgan fingerprint density at radius 3 is 2.75 bits per heavy atom. The Labute approximate surface area is 122 Å². The van der Waals surface area contributed by atoms with E-state index in [0.29, 0.717) is 34.3 Å². The van der Waals surface area contributed by atoms with E-state index in [9.17, 15) is 4.79 Å². The molecule has 0 aliphatic heterocycles. The van der Waals surface area contributed by atoms with Gasteiger partial charge in [-0.2, -0.15) is 5.10 Å². The van der Waals surface area contributed by atoms with Crippen LogP contribution in [0.4, 0.5) is 11.4 Å². The minimum atomic E-state index is -0.268. The number of rotatable bonds is 3. The Morgan fingerprint density at radius 2 is 2.15 bits per heavy atom. The van der Waals surface area contributed by atoms with E-state index in [2.05, 4.69) is 10.4 Å². The normalized spacial score (nSPS) is 10.6. The largest absolute Gasteiger partial charge is 0.395 e. The number of benzene rings is 1. The molecule has 6 heteroatoms. The van der Waals surface area contributed by atoms with Gasteiger partial charge in [0, 0.05) is 17.3 Å². The van der Waals surface area contributed by atoms with Gasteiger partial charge in [0.2, 0.25) is 0 Å². The van der Waals surface area contributed by atoms with Crippen molar-refractivity contribution in [2.24, 2.45) is 0 Å². The average molecular weight is 293 g/mol. The summed E-state index contributed by atoms with van der Waals surface area (Å²) >= 11 is 5.90. The van der Waals surface area contributed by atoms with Crippen LogP contribution in [0.25, 0.3) is 0 Å². The summed E-state index contributed by atoms with van der Waals surface area (Å²) < 4.78 is 1.60. The third kappa shape index (κ3) is 2.63. The third-order valence-electron chi connectivity index (χ3n) is 3.12. The van der Waals surface area contributed by atoms with Crippen LogP contribution in [0.5, 0.6) is 0 Å². The van der Waals surface area contributed by atoms with Gasteiger partial charge in [-0.15, -0.1) is 0 Å². The van der Waals surface area contributed by atoms with Gasteiger partial charge in [0.15, 0.2) is 0 Å². The molecular formula is C14H17ClN4O. The number of nitrogens with one attached hydrogen (secondary N) is 1. The predicted octanol–water partition coefficient (Wildman–Crippen LogP) is 3.01. The Kier molecular flexibility index (Phi) is 3.99. The smallest absolute Gasteiger partial charge is 0.276 e. The second-order valence-corrected chi connectivity index (χ2v) is 5.01. The lowest BCUT2D eigenvalue weighted by atomic mass is 10.2. The summed E-state index contributed by atoms with van der Waals surface area (Å²) in [4.78, 5) is 12.4. The van der Waals surface area contributed by atoms with Crippen molar-refractivity contribution < 1.29 is 4.79 Å². The number of nitrogen functional groups attached to an aromatic ring is 1. The summed E-state index contributed by atoms with van der Waals surface area (Å²) in [6.07, 6.45) is 0.